The largest absolute Gasteiger partial charge is 0.380 e. The number of rotatable bonds is 3. The van der Waals surface area contributed by atoms with Crippen LogP contribution in [-0.4, -0.2) is 39.5 Å². The van der Waals surface area contributed by atoms with E-state index < -0.39 is 0 Å². The van der Waals surface area contributed by atoms with Gasteiger partial charge in [0.05, 0.1) is 18.3 Å². The third-order valence-electron chi connectivity index (χ3n) is 3.11. The highest BCUT2D eigenvalue weighted by atomic mass is 16.5. The van der Waals surface area contributed by atoms with Crippen molar-refractivity contribution in [2.45, 2.75) is 19.4 Å². The minimum atomic E-state index is 0.398. The minimum absolute atomic E-state index is 0.398. The number of hydrogen-bond donors (Lipinski definition) is 1. The van der Waals surface area contributed by atoms with E-state index in [1.54, 1.807) is 11.0 Å². The van der Waals surface area contributed by atoms with Crippen LogP contribution in [0.5, 0.6) is 0 Å². The third-order valence-corrected chi connectivity index (χ3v) is 3.11. The molecule has 1 aliphatic heterocycles. The van der Waals surface area contributed by atoms with Gasteiger partial charge < -0.3 is 10.1 Å². The lowest BCUT2D eigenvalue weighted by Crippen LogP contribution is -2.19. The summed E-state index contributed by atoms with van der Waals surface area (Å²) in [5.41, 5.74) is 3.20. The van der Waals surface area contributed by atoms with E-state index >= 15 is 0 Å². The Morgan fingerprint density at radius 1 is 1.44 bits per heavy atom. The molecular formula is C12H15N5O. The number of ether oxygens (including phenoxy) is 1. The maximum Gasteiger partial charge on any atom is 0.143 e. The fourth-order valence-electron chi connectivity index (χ4n) is 2.10. The lowest BCUT2D eigenvalue weighted by Gasteiger charge is -2.14. The Morgan fingerprint density at radius 2 is 2.39 bits per heavy atom. The molecule has 1 aliphatic rings. The quantitative estimate of drug-likeness (QED) is 0.879. The van der Waals surface area contributed by atoms with Gasteiger partial charge in [0.25, 0.3) is 0 Å². The molecule has 2 heterocycles. The lowest BCUT2D eigenvalue weighted by atomic mass is 10.1. The molecular weight excluding hydrogens is 230 g/mol. The van der Waals surface area contributed by atoms with Gasteiger partial charge in [0, 0.05) is 12.3 Å². The van der Waals surface area contributed by atoms with Gasteiger partial charge in [0.15, 0.2) is 0 Å². The molecule has 1 aromatic heterocycles. The van der Waals surface area contributed by atoms with Crippen molar-refractivity contribution in [2.24, 2.45) is 0 Å². The minimum Gasteiger partial charge on any atom is -0.380 e. The van der Waals surface area contributed by atoms with Crippen LogP contribution < -0.4 is 5.32 Å². The molecule has 6 nitrogen and oxygen atoms in total. The Hall–Kier alpha value is -1.95. The molecule has 1 aromatic carbocycles. The van der Waals surface area contributed by atoms with Gasteiger partial charge in [-0.2, -0.15) is 0 Å². The topological polar surface area (TPSA) is 64.9 Å². The molecule has 0 radical (unpaired) electrons. The molecule has 0 saturated carbocycles. The van der Waals surface area contributed by atoms with E-state index in [1.807, 2.05) is 6.92 Å². The average Bonchev–Trinajstić information content (AvgIpc) is 3.04. The van der Waals surface area contributed by atoms with Crippen LogP contribution in [0, 0.1) is 6.92 Å². The number of tetrazole rings is 1. The van der Waals surface area contributed by atoms with Crippen molar-refractivity contribution >= 4 is 5.69 Å². The maximum absolute atomic E-state index is 5.36. The first-order chi connectivity index (χ1) is 8.83. The predicted molar refractivity (Wildman–Crippen MR) is 66.7 cm³/mol. The van der Waals surface area contributed by atoms with Crippen LogP contribution >= 0.6 is 0 Å². The van der Waals surface area contributed by atoms with E-state index in [-0.39, 0.29) is 0 Å². The average molecular weight is 245 g/mol. The molecule has 18 heavy (non-hydrogen) atoms. The predicted octanol–water partition coefficient (Wildman–Crippen LogP) is 1.17. The Balaban J connectivity index is 1.86. The van der Waals surface area contributed by atoms with E-state index in [0.717, 1.165) is 36.6 Å². The molecule has 0 spiro atoms. The van der Waals surface area contributed by atoms with Crippen LogP contribution in [0.15, 0.2) is 24.5 Å². The Kier molecular flexibility index (Phi) is 2.93. The zero-order chi connectivity index (χ0) is 12.4. The van der Waals surface area contributed by atoms with Crippen LogP contribution in [0.25, 0.3) is 5.69 Å². The summed E-state index contributed by atoms with van der Waals surface area (Å²) in [4.78, 5) is 0. The molecule has 1 unspecified atom stereocenters. The molecule has 2 aromatic rings. The summed E-state index contributed by atoms with van der Waals surface area (Å²) >= 11 is 0. The second-order valence-corrected chi connectivity index (χ2v) is 4.46. The number of aryl methyl sites for hydroxylation is 1. The molecule has 6 heteroatoms. The molecule has 3 rings (SSSR count). The van der Waals surface area contributed by atoms with Crippen molar-refractivity contribution in [3.8, 4) is 5.69 Å². The van der Waals surface area contributed by atoms with E-state index in [4.69, 9.17) is 4.74 Å². The Bertz CT molecular complexity index is 519. The first-order valence-electron chi connectivity index (χ1n) is 6.01. The Labute approximate surface area is 105 Å². The molecule has 1 fully saturated rings. The van der Waals surface area contributed by atoms with Crippen molar-refractivity contribution in [3.63, 3.8) is 0 Å². The van der Waals surface area contributed by atoms with Crippen LogP contribution in [0.4, 0.5) is 5.69 Å². The summed E-state index contributed by atoms with van der Waals surface area (Å²) in [5.74, 6) is 0. The van der Waals surface area contributed by atoms with Crippen molar-refractivity contribution < 1.29 is 4.74 Å². The second-order valence-electron chi connectivity index (χ2n) is 4.46. The van der Waals surface area contributed by atoms with Gasteiger partial charge in [0.2, 0.25) is 0 Å². The van der Waals surface area contributed by atoms with Gasteiger partial charge in [0.1, 0.15) is 6.33 Å². The summed E-state index contributed by atoms with van der Waals surface area (Å²) in [5, 5.41) is 14.7. The monoisotopic (exact) mass is 245 g/mol. The van der Waals surface area contributed by atoms with Crippen LogP contribution in [-0.2, 0) is 4.74 Å². The molecule has 94 valence electrons. The summed E-state index contributed by atoms with van der Waals surface area (Å²) < 4.78 is 7.03. The second kappa shape index (κ2) is 4.73. The van der Waals surface area contributed by atoms with Gasteiger partial charge in [-0.15, -0.1) is 5.10 Å². The maximum atomic E-state index is 5.36. The number of hydrogen-bond acceptors (Lipinski definition) is 5. The van der Waals surface area contributed by atoms with Gasteiger partial charge in [-0.05, 0) is 41.5 Å². The van der Waals surface area contributed by atoms with Crippen LogP contribution in [0.2, 0.25) is 0 Å². The first kappa shape index (κ1) is 11.2. The lowest BCUT2D eigenvalue weighted by molar-refractivity contribution is 0.195. The Morgan fingerprint density at radius 3 is 3.11 bits per heavy atom. The van der Waals surface area contributed by atoms with E-state index in [2.05, 4.69) is 39.0 Å². The van der Waals surface area contributed by atoms with E-state index in [0.29, 0.717) is 6.04 Å². The zero-order valence-electron chi connectivity index (χ0n) is 10.2. The molecule has 1 atom stereocenters. The van der Waals surface area contributed by atoms with Crippen LogP contribution in [0.3, 0.4) is 0 Å². The standard InChI is InChI=1S/C12H15N5O/c1-9-2-3-10(14-11-4-5-18-7-11)6-12(9)17-8-13-15-16-17/h2-3,6,8,11,14H,4-5,7H2,1H3. The van der Waals surface area contributed by atoms with E-state index in [9.17, 15) is 0 Å². The normalized spacial score (nSPS) is 19.1. The highest BCUT2D eigenvalue weighted by Crippen LogP contribution is 2.20. The number of nitrogens with zero attached hydrogens (tertiary/aromatic N) is 4. The van der Waals surface area contributed by atoms with Gasteiger partial charge >= 0.3 is 0 Å². The first-order valence-corrected chi connectivity index (χ1v) is 6.01. The van der Waals surface area contributed by atoms with Gasteiger partial charge in [-0.3, -0.25) is 0 Å². The highest BCUT2D eigenvalue weighted by Gasteiger charge is 2.15. The molecule has 0 amide bonds. The van der Waals surface area contributed by atoms with Crippen molar-refractivity contribution in [1.82, 2.24) is 20.2 Å². The SMILES string of the molecule is Cc1ccc(NC2CCOC2)cc1-n1cnnn1. The summed E-state index contributed by atoms with van der Waals surface area (Å²) in [6.45, 7) is 3.65. The summed E-state index contributed by atoms with van der Waals surface area (Å²) in [6.07, 6.45) is 2.65. The fourth-order valence-corrected chi connectivity index (χ4v) is 2.10. The van der Waals surface area contributed by atoms with E-state index in [1.165, 1.54) is 0 Å². The number of nitrogens with one attached hydrogen (secondary N) is 1. The van der Waals surface area contributed by atoms with Crippen molar-refractivity contribution in [2.75, 3.05) is 18.5 Å². The molecule has 1 N–H and O–H groups in total. The molecule has 1 saturated heterocycles. The van der Waals surface area contributed by atoms with Crippen molar-refractivity contribution in [1.29, 1.82) is 0 Å². The summed E-state index contributed by atoms with van der Waals surface area (Å²) in [6, 6.07) is 6.59. The zero-order valence-corrected chi connectivity index (χ0v) is 10.2. The molecule has 0 bridgehead atoms. The van der Waals surface area contributed by atoms with Crippen LogP contribution in [0.1, 0.15) is 12.0 Å². The number of anilines is 1. The fraction of sp³-hybridized carbons (Fsp3) is 0.417. The number of benzene rings is 1. The molecule has 0 aliphatic carbocycles. The summed E-state index contributed by atoms with van der Waals surface area (Å²) in [7, 11) is 0. The van der Waals surface area contributed by atoms with Gasteiger partial charge in [-0.1, -0.05) is 6.07 Å². The highest BCUT2D eigenvalue weighted by molar-refractivity contribution is 5.55. The third kappa shape index (κ3) is 2.19. The van der Waals surface area contributed by atoms with Crippen molar-refractivity contribution in [3.05, 3.63) is 30.1 Å². The van der Waals surface area contributed by atoms with Gasteiger partial charge in [-0.25, -0.2) is 4.68 Å². The number of aromatic nitrogens is 4. The smallest absolute Gasteiger partial charge is 0.143 e.